The predicted octanol–water partition coefficient (Wildman–Crippen LogP) is 3.39. The van der Waals surface area contributed by atoms with E-state index in [0.29, 0.717) is 12.4 Å². The lowest BCUT2D eigenvalue weighted by Crippen LogP contribution is -2.43. The molecule has 0 fully saturated rings. The van der Waals surface area contributed by atoms with Crippen molar-refractivity contribution in [3.8, 4) is 0 Å². The van der Waals surface area contributed by atoms with E-state index in [4.69, 9.17) is 0 Å². The van der Waals surface area contributed by atoms with Crippen molar-refractivity contribution in [3.63, 3.8) is 0 Å². The van der Waals surface area contributed by atoms with Crippen LogP contribution in [0.25, 0.3) is 21.9 Å². The van der Waals surface area contributed by atoms with E-state index in [1.165, 1.54) is 18.1 Å². The Hall–Kier alpha value is -3.13. The van der Waals surface area contributed by atoms with E-state index in [0.717, 1.165) is 27.5 Å². The summed E-state index contributed by atoms with van der Waals surface area (Å²) in [6, 6.07) is 13.2. The number of hydrogen-bond donors (Lipinski definition) is 2. The zero-order chi connectivity index (χ0) is 19.5. The highest BCUT2D eigenvalue weighted by Crippen LogP contribution is 2.21. The number of amides is 1. The Morgan fingerprint density at radius 1 is 1.04 bits per heavy atom. The van der Waals surface area contributed by atoms with Crippen molar-refractivity contribution in [2.45, 2.75) is 26.4 Å². The molecule has 28 heavy (non-hydrogen) atoms. The first-order valence-electron chi connectivity index (χ1n) is 9.07. The van der Waals surface area contributed by atoms with E-state index in [9.17, 15) is 4.79 Å². The number of nitrogens with one attached hydrogen (secondary N) is 2. The average molecular weight is 392 g/mol. The maximum absolute atomic E-state index is 12.9. The molecule has 8 heteroatoms. The molecule has 2 heterocycles. The molecular weight excluding hydrogens is 372 g/mol. The van der Waals surface area contributed by atoms with Gasteiger partial charge in [-0.25, -0.2) is 9.97 Å². The van der Waals surface area contributed by atoms with E-state index in [-0.39, 0.29) is 11.8 Å². The first-order valence-corrected chi connectivity index (χ1v) is 9.80. The number of carbonyl (C=O) groups excluding carboxylic acids is 1. The normalized spacial score (nSPS) is 12.4. The van der Waals surface area contributed by atoms with Crippen LogP contribution in [0.2, 0.25) is 0 Å². The van der Waals surface area contributed by atoms with Gasteiger partial charge in [-0.1, -0.05) is 32.0 Å². The third-order valence-corrected chi connectivity index (χ3v) is 5.13. The molecule has 0 spiro atoms. The van der Waals surface area contributed by atoms with Gasteiger partial charge >= 0.3 is 0 Å². The van der Waals surface area contributed by atoms with Gasteiger partial charge in [-0.05, 0) is 35.7 Å². The second kappa shape index (κ2) is 7.85. The fourth-order valence-corrected chi connectivity index (χ4v) is 3.56. The van der Waals surface area contributed by atoms with Gasteiger partial charge in [0.1, 0.15) is 29.2 Å². The fraction of sp³-hybridized carbons (Fsp3) is 0.250. The van der Waals surface area contributed by atoms with Gasteiger partial charge in [0.05, 0.1) is 17.2 Å². The Labute approximate surface area is 166 Å². The monoisotopic (exact) mass is 392 g/mol. The van der Waals surface area contributed by atoms with Crippen molar-refractivity contribution in [1.29, 1.82) is 0 Å². The number of nitrogens with zero attached hydrogens (tertiary/aromatic N) is 4. The standard InChI is InChI=1S/C20H20N6OS/c1-12(2)18(24-19-14-5-3-4-6-15(14)22-11-23-19)20(27)21-10-13-7-8-16-17(9-13)26-28-25-16/h3-9,11-12,18H,10H2,1-2H3,(H,21,27)(H,22,23,24). The maximum Gasteiger partial charge on any atom is 0.243 e. The molecule has 0 aliphatic heterocycles. The van der Waals surface area contributed by atoms with Gasteiger partial charge in [0.15, 0.2) is 0 Å². The molecule has 0 radical (unpaired) electrons. The molecule has 0 saturated carbocycles. The summed E-state index contributed by atoms with van der Waals surface area (Å²) in [5, 5.41) is 7.21. The highest BCUT2D eigenvalue weighted by Gasteiger charge is 2.23. The van der Waals surface area contributed by atoms with Crippen LogP contribution in [-0.4, -0.2) is 30.7 Å². The molecule has 2 aromatic heterocycles. The number of carbonyl (C=O) groups is 1. The van der Waals surface area contributed by atoms with Crippen LogP contribution in [0.1, 0.15) is 19.4 Å². The number of para-hydroxylation sites is 1. The lowest BCUT2D eigenvalue weighted by molar-refractivity contribution is -0.122. The van der Waals surface area contributed by atoms with Gasteiger partial charge in [-0.3, -0.25) is 4.79 Å². The largest absolute Gasteiger partial charge is 0.358 e. The minimum atomic E-state index is -0.414. The highest BCUT2D eigenvalue weighted by atomic mass is 32.1. The number of hydrogen-bond acceptors (Lipinski definition) is 7. The van der Waals surface area contributed by atoms with Crippen molar-refractivity contribution < 1.29 is 4.79 Å². The summed E-state index contributed by atoms with van der Waals surface area (Å²) >= 11 is 1.19. The first kappa shape index (κ1) is 18.2. The average Bonchev–Trinajstić information content (AvgIpc) is 3.18. The first-order chi connectivity index (χ1) is 13.6. The van der Waals surface area contributed by atoms with Crippen LogP contribution in [0.4, 0.5) is 5.82 Å². The van der Waals surface area contributed by atoms with E-state index in [2.05, 4.69) is 29.3 Å². The zero-order valence-corrected chi connectivity index (χ0v) is 16.4. The number of benzene rings is 2. The molecule has 1 unspecified atom stereocenters. The summed E-state index contributed by atoms with van der Waals surface area (Å²) in [6.45, 7) is 4.45. The van der Waals surface area contributed by atoms with Gasteiger partial charge in [0.25, 0.3) is 0 Å². The van der Waals surface area contributed by atoms with Gasteiger partial charge in [-0.15, -0.1) is 0 Å². The van der Waals surface area contributed by atoms with Gasteiger partial charge < -0.3 is 10.6 Å². The summed E-state index contributed by atoms with van der Waals surface area (Å²) < 4.78 is 8.45. The molecule has 142 valence electrons. The van der Waals surface area contributed by atoms with Crippen LogP contribution in [0.3, 0.4) is 0 Å². The summed E-state index contributed by atoms with van der Waals surface area (Å²) in [7, 11) is 0. The smallest absolute Gasteiger partial charge is 0.243 e. The molecule has 0 saturated heterocycles. The Kier molecular flexibility index (Phi) is 5.12. The van der Waals surface area contributed by atoms with Gasteiger partial charge in [-0.2, -0.15) is 8.75 Å². The van der Waals surface area contributed by atoms with Crippen LogP contribution in [0.15, 0.2) is 48.8 Å². The van der Waals surface area contributed by atoms with Gasteiger partial charge in [0, 0.05) is 11.9 Å². The summed E-state index contributed by atoms with van der Waals surface area (Å²) in [4.78, 5) is 21.5. The molecule has 2 aromatic carbocycles. The second-order valence-corrected chi connectivity index (χ2v) is 7.44. The van der Waals surface area contributed by atoms with Crippen molar-refractivity contribution in [3.05, 3.63) is 54.4 Å². The Bertz CT molecular complexity index is 1120. The third-order valence-electron chi connectivity index (χ3n) is 4.57. The molecule has 4 rings (SSSR count). The fourth-order valence-electron chi connectivity index (χ4n) is 3.04. The molecule has 1 atom stereocenters. The number of rotatable bonds is 6. The summed E-state index contributed by atoms with van der Waals surface area (Å²) in [6.07, 6.45) is 1.51. The SMILES string of the molecule is CC(C)C(Nc1ncnc2ccccc12)C(=O)NCc1ccc2nsnc2c1. The molecule has 0 bridgehead atoms. The predicted molar refractivity (Wildman–Crippen MR) is 111 cm³/mol. The lowest BCUT2D eigenvalue weighted by atomic mass is 10.0. The second-order valence-electron chi connectivity index (χ2n) is 6.91. The number of fused-ring (bicyclic) bond motifs is 2. The quantitative estimate of drug-likeness (QED) is 0.522. The minimum absolute atomic E-state index is 0.0748. The zero-order valence-electron chi connectivity index (χ0n) is 15.6. The molecule has 0 aliphatic rings. The van der Waals surface area contributed by atoms with Crippen LogP contribution >= 0.6 is 11.7 Å². The van der Waals surface area contributed by atoms with Crippen molar-refractivity contribution in [1.82, 2.24) is 24.0 Å². The van der Waals surface area contributed by atoms with E-state index >= 15 is 0 Å². The Morgan fingerprint density at radius 2 is 1.86 bits per heavy atom. The Balaban J connectivity index is 1.49. The van der Waals surface area contributed by atoms with Crippen LogP contribution < -0.4 is 10.6 Å². The van der Waals surface area contributed by atoms with Crippen molar-refractivity contribution in [2.75, 3.05) is 5.32 Å². The van der Waals surface area contributed by atoms with Gasteiger partial charge in [0.2, 0.25) is 5.91 Å². The minimum Gasteiger partial charge on any atom is -0.358 e. The van der Waals surface area contributed by atoms with Crippen molar-refractivity contribution in [2.24, 2.45) is 5.92 Å². The summed E-state index contributed by atoms with van der Waals surface area (Å²) in [5.74, 6) is 0.669. The topological polar surface area (TPSA) is 92.7 Å². The Morgan fingerprint density at radius 3 is 2.71 bits per heavy atom. The van der Waals surface area contributed by atoms with Crippen molar-refractivity contribution >= 4 is 45.4 Å². The third kappa shape index (κ3) is 3.77. The van der Waals surface area contributed by atoms with Crippen LogP contribution in [0.5, 0.6) is 0 Å². The summed E-state index contributed by atoms with van der Waals surface area (Å²) in [5.41, 5.74) is 3.55. The van der Waals surface area contributed by atoms with E-state index in [1.807, 2.05) is 56.3 Å². The van der Waals surface area contributed by atoms with E-state index < -0.39 is 6.04 Å². The number of anilines is 1. The molecule has 4 aromatic rings. The van der Waals surface area contributed by atoms with Crippen LogP contribution in [0, 0.1) is 5.92 Å². The lowest BCUT2D eigenvalue weighted by Gasteiger charge is -2.23. The number of aromatic nitrogens is 4. The van der Waals surface area contributed by atoms with Crippen LogP contribution in [-0.2, 0) is 11.3 Å². The highest BCUT2D eigenvalue weighted by molar-refractivity contribution is 7.00. The molecule has 0 aliphatic carbocycles. The van der Waals surface area contributed by atoms with E-state index in [1.54, 1.807) is 0 Å². The molecular formula is C20H20N6OS. The molecule has 7 nitrogen and oxygen atoms in total. The molecule has 1 amide bonds. The molecule has 2 N–H and O–H groups in total. The maximum atomic E-state index is 12.9.